The molecule has 2 aliphatic heterocycles. The van der Waals surface area contributed by atoms with Crippen molar-refractivity contribution in [2.24, 2.45) is 11.7 Å². The van der Waals surface area contributed by atoms with Gasteiger partial charge < -0.3 is 21.1 Å². The molecular weight excluding hydrogens is 652 g/mol. The van der Waals surface area contributed by atoms with Gasteiger partial charge in [0.15, 0.2) is 0 Å². The van der Waals surface area contributed by atoms with E-state index >= 15 is 4.39 Å². The molecule has 0 bridgehead atoms. The summed E-state index contributed by atoms with van der Waals surface area (Å²) < 4.78 is 49.6. The molecule has 0 aliphatic carbocycles. The van der Waals surface area contributed by atoms with Gasteiger partial charge in [0.25, 0.3) is 0 Å². The highest BCUT2D eigenvalue weighted by Gasteiger charge is 2.38. The van der Waals surface area contributed by atoms with Gasteiger partial charge in [0.2, 0.25) is 15.9 Å². The number of benzene rings is 2. The lowest BCUT2D eigenvalue weighted by Gasteiger charge is -2.40. The zero-order valence-electron chi connectivity index (χ0n) is 25.7. The first-order valence-corrected chi connectivity index (χ1v) is 17.8. The maximum absolute atomic E-state index is 15.2. The summed E-state index contributed by atoms with van der Waals surface area (Å²) in [4.78, 5) is 17.8. The minimum Gasteiger partial charge on any atom is -0.381 e. The van der Waals surface area contributed by atoms with Gasteiger partial charge >= 0.3 is 0 Å². The predicted molar refractivity (Wildman–Crippen MR) is 178 cm³/mol. The molecule has 2 fully saturated rings. The van der Waals surface area contributed by atoms with Gasteiger partial charge in [0.1, 0.15) is 5.82 Å². The molecule has 4 atom stereocenters. The van der Waals surface area contributed by atoms with Crippen LogP contribution in [0.1, 0.15) is 49.7 Å². The summed E-state index contributed by atoms with van der Waals surface area (Å²) >= 11 is 12.1. The molecule has 248 valence electrons. The van der Waals surface area contributed by atoms with Crippen molar-refractivity contribution in [3.05, 3.63) is 87.9 Å². The second-order valence-electron chi connectivity index (χ2n) is 12.0. The number of halogens is 3. The van der Waals surface area contributed by atoms with Gasteiger partial charge in [-0.05, 0) is 86.9 Å². The van der Waals surface area contributed by atoms with Gasteiger partial charge in [0, 0.05) is 59.9 Å². The third-order valence-electron chi connectivity index (χ3n) is 8.95. The SMILES string of the molecule is CC1CNCC(CCCc2c(F)cncc2NC(=O)C(N)C(c2ccc(Cl)cc2)C2CCOCC2)N1S(=O)(=O)c1ccc(Cl)cc1. The summed E-state index contributed by atoms with van der Waals surface area (Å²) in [6.45, 7) is 4.03. The van der Waals surface area contributed by atoms with Gasteiger partial charge in [-0.2, -0.15) is 4.31 Å². The summed E-state index contributed by atoms with van der Waals surface area (Å²) in [5.74, 6) is -1.16. The fourth-order valence-electron chi connectivity index (χ4n) is 6.64. The number of hydrogen-bond donors (Lipinski definition) is 3. The molecule has 2 saturated heterocycles. The third kappa shape index (κ3) is 8.07. The fourth-order valence-corrected chi connectivity index (χ4v) is 8.74. The summed E-state index contributed by atoms with van der Waals surface area (Å²) in [5, 5.41) is 7.21. The molecule has 5 rings (SSSR count). The number of carbonyl (C=O) groups excluding carboxylic acids is 1. The van der Waals surface area contributed by atoms with Gasteiger partial charge in [-0.25, -0.2) is 12.8 Å². The normalized spacial score (nSPS) is 21.1. The predicted octanol–water partition coefficient (Wildman–Crippen LogP) is 5.38. The smallest absolute Gasteiger partial charge is 0.243 e. The minimum absolute atomic E-state index is 0.124. The number of sulfonamides is 1. The van der Waals surface area contributed by atoms with Crippen molar-refractivity contribution in [3.8, 4) is 0 Å². The Labute approximate surface area is 280 Å². The summed E-state index contributed by atoms with van der Waals surface area (Å²) in [5.41, 5.74) is 8.10. The Morgan fingerprint density at radius 1 is 1.09 bits per heavy atom. The van der Waals surface area contributed by atoms with Crippen LogP contribution in [-0.4, -0.2) is 68.0 Å². The Morgan fingerprint density at radius 3 is 2.41 bits per heavy atom. The van der Waals surface area contributed by atoms with Crippen LogP contribution in [0.25, 0.3) is 0 Å². The van der Waals surface area contributed by atoms with Crippen LogP contribution in [0.2, 0.25) is 10.0 Å². The van der Waals surface area contributed by atoms with E-state index in [9.17, 15) is 13.2 Å². The molecule has 2 aliphatic rings. The van der Waals surface area contributed by atoms with E-state index in [1.54, 1.807) is 28.6 Å². The van der Waals surface area contributed by atoms with E-state index in [1.807, 2.05) is 19.1 Å². The fraction of sp³-hybridized carbons (Fsp3) is 0.455. The minimum atomic E-state index is -3.79. The highest BCUT2D eigenvalue weighted by Crippen LogP contribution is 2.36. The highest BCUT2D eigenvalue weighted by molar-refractivity contribution is 7.89. The lowest BCUT2D eigenvalue weighted by molar-refractivity contribution is -0.118. The number of hydrogen-bond acceptors (Lipinski definition) is 7. The molecule has 0 radical (unpaired) electrons. The number of rotatable bonds is 11. The van der Waals surface area contributed by atoms with E-state index in [-0.39, 0.29) is 40.9 Å². The maximum atomic E-state index is 15.2. The van der Waals surface area contributed by atoms with Gasteiger partial charge in [-0.1, -0.05) is 35.3 Å². The van der Waals surface area contributed by atoms with Crippen LogP contribution >= 0.6 is 23.2 Å². The molecule has 13 heteroatoms. The Balaban J connectivity index is 1.30. The van der Waals surface area contributed by atoms with Crippen molar-refractivity contribution in [2.45, 2.75) is 68.0 Å². The number of ether oxygens (including phenoxy) is 1. The average Bonchev–Trinajstić information content (AvgIpc) is 3.04. The van der Waals surface area contributed by atoms with Gasteiger partial charge in [-0.15, -0.1) is 0 Å². The van der Waals surface area contributed by atoms with E-state index in [0.717, 1.165) is 24.6 Å². The van der Waals surface area contributed by atoms with Crippen LogP contribution in [0.3, 0.4) is 0 Å². The van der Waals surface area contributed by atoms with Crippen LogP contribution in [-0.2, 0) is 26.0 Å². The number of pyridine rings is 1. The van der Waals surface area contributed by atoms with Gasteiger partial charge in [-0.3, -0.25) is 9.78 Å². The molecule has 1 aromatic heterocycles. The number of aromatic nitrogens is 1. The zero-order chi connectivity index (χ0) is 32.8. The quantitative estimate of drug-likeness (QED) is 0.247. The topological polar surface area (TPSA) is 127 Å². The first kappa shape index (κ1) is 34.7. The number of nitrogens with two attached hydrogens (primary N) is 1. The van der Waals surface area contributed by atoms with Crippen molar-refractivity contribution >= 4 is 44.8 Å². The molecule has 4 N–H and O–H groups in total. The molecule has 0 spiro atoms. The Hall–Kier alpha value is -2.64. The molecule has 1 amide bonds. The molecule has 0 saturated carbocycles. The first-order valence-electron chi connectivity index (χ1n) is 15.6. The number of amides is 1. The number of nitrogens with zero attached hydrogens (tertiary/aromatic N) is 2. The summed E-state index contributed by atoms with van der Waals surface area (Å²) in [7, 11) is -3.79. The zero-order valence-corrected chi connectivity index (χ0v) is 28.0. The van der Waals surface area contributed by atoms with Crippen LogP contribution < -0.4 is 16.4 Å². The molecule has 46 heavy (non-hydrogen) atoms. The van der Waals surface area contributed by atoms with Crippen LogP contribution in [0, 0.1) is 11.7 Å². The summed E-state index contributed by atoms with van der Waals surface area (Å²) in [6, 6.07) is 11.9. The molecule has 3 heterocycles. The van der Waals surface area contributed by atoms with E-state index in [2.05, 4.69) is 15.6 Å². The number of piperazine rings is 1. The van der Waals surface area contributed by atoms with Crippen LogP contribution in [0.15, 0.2) is 65.8 Å². The highest BCUT2D eigenvalue weighted by atomic mass is 35.5. The van der Waals surface area contributed by atoms with E-state index in [0.29, 0.717) is 54.8 Å². The third-order valence-corrected chi connectivity index (χ3v) is 11.5. The lowest BCUT2D eigenvalue weighted by atomic mass is 9.76. The van der Waals surface area contributed by atoms with E-state index < -0.39 is 27.8 Å². The first-order chi connectivity index (χ1) is 22.1. The van der Waals surface area contributed by atoms with Crippen molar-refractivity contribution < 1.29 is 22.3 Å². The van der Waals surface area contributed by atoms with E-state index in [4.69, 9.17) is 33.7 Å². The molecule has 9 nitrogen and oxygen atoms in total. The maximum Gasteiger partial charge on any atom is 0.243 e. The lowest BCUT2D eigenvalue weighted by Crippen LogP contribution is -2.58. The number of carbonyl (C=O) groups is 1. The second kappa shape index (κ2) is 15.5. The van der Waals surface area contributed by atoms with Gasteiger partial charge in [0.05, 0.1) is 29.0 Å². The second-order valence-corrected chi connectivity index (χ2v) is 14.7. The van der Waals surface area contributed by atoms with E-state index in [1.165, 1.54) is 18.3 Å². The molecule has 2 aromatic carbocycles. The Morgan fingerprint density at radius 2 is 1.74 bits per heavy atom. The Kier molecular flexibility index (Phi) is 11.7. The van der Waals surface area contributed by atoms with Crippen LogP contribution in [0.5, 0.6) is 0 Å². The van der Waals surface area contributed by atoms with Crippen molar-refractivity contribution in [1.82, 2.24) is 14.6 Å². The Bertz CT molecular complexity index is 1590. The van der Waals surface area contributed by atoms with Crippen molar-refractivity contribution in [1.29, 1.82) is 0 Å². The molecule has 4 unspecified atom stereocenters. The van der Waals surface area contributed by atoms with Crippen molar-refractivity contribution in [3.63, 3.8) is 0 Å². The number of anilines is 1. The summed E-state index contributed by atoms with van der Waals surface area (Å²) in [6.07, 6.45) is 5.28. The van der Waals surface area contributed by atoms with Crippen LogP contribution in [0.4, 0.5) is 10.1 Å². The van der Waals surface area contributed by atoms with Crippen molar-refractivity contribution in [2.75, 3.05) is 31.6 Å². The average molecular weight is 693 g/mol. The monoisotopic (exact) mass is 691 g/mol. The number of nitrogens with one attached hydrogen (secondary N) is 2. The largest absolute Gasteiger partial charge is 0.381 e. The standard InChI is InChI=1S/C33H40Cl2FN5O4S/c1-21-17-38-18-26(41(21)46(43,44)27-11-9-25(35)10-12-27)3-2-4-28-29(36)19-39-20-30(28)40-33(42)32(37)31(23-13-15-45-16-14-23)22-5-7-24(34)8-6-22/h5-12,19-21,23,26,31-32,38H,2-4,13-18,37H2,1H3,(H,40,42). The molecule has 3 aromatic rings. The molecular formula is C33H40Cl2FN5O4S.